The molecular formula is C23H42ClK2NaO29S6. The van der Waals surface area contributed by atoms with Crippen molar-refractivity contribution < 1.29 is 265 Å². The van der Waals surface area contributed by atoms with Crippen LogP contribution in [0.3, 0.4) is 0 Å². The molecule has 0 bridgehead atoms. The zero-order valence-electron chi connectivity index (χ0n) is 34.7. The van der Waals surface area contributed by atoms with E-state index in [0.717, 1.165) is 12.5 Å². The van der Waals surface area contributed by atoms with Crippen LogP contribution >= 0.6 is 10.7 Å². The third-order valence-corrected chi connectivity index (χ3v) is 10.7. The number of carbonyl (C=O) groups is 4. The van der Waals surface area contributed by atoms with Gasteiger partial charge in [0.15, 0.2) is 0 Å². The molecule has 4 N–H and O–H groups in total. The molecule has 0 aromatic rings. The summed E-state index contributed by atoms with van der Waals surface area (Å²) in [5.74, 6) is -3.40. The van der Waals surface area contributed by atoms with Gasteiger partial charge in [0.1, 0.15) is 30.3 Å². The van der Waals surface area contributed by atoms with Crippen molar-refractivity contribution in [3.05, 3.63) is 11.5 Å². The second kappa shape index (κ2) is 41.8. The van der Waals surface area contributed by atoms with Gasteiger partial charge in [-0.25, -0.2) is 16.8 Å². The van der Waals surface area contributed by atoms with Gasteiger partial charge in [0.05, 0.1) is 65.7 Å². The van der Waals surface area contributed by atoms with E-state index in [-0.39, 0.29) is 184 Å². The van der Waals surface area contributed by atoms with Gasteiger partial charge in [-0.15, -0.1) is 0 Å². The average Bonchev–Trinajstić information content (AvgIpc) is 3.84. The molecule has 4 heterocycles. The maximum absolute atomic E-state index is 10.6. The van der Waals surface area contributed by atoms with Gasteiger partial charge in [-0.2, -0.15) is 29.5 Å². The zero-order valence-corrected chi connectivity index (χ0v) is 47.6. The molecule has 4 aliphatic rings. The van der Waals surface area contributed by atoms with Gasteiger partial charge in [-0.1, -0.05) is 0 Å². The average molecular weight is 1110 g/mol. The number of carbonyl (C=O) groups excluding carboxylic acids is 4. The minimum atomic E-state index is -4.40. The zero-order chi connectivity index (χ0) is 47.3. The molecule has 354 valence electrons. The van der Waals surface area contributed by atoms with Gasteiger partial charge in [-0.05, 0) is 6.08 Å². The minimum absolute atomic E-state index is 0. The molecule has 29 nitrogen and oxygen atoms in total. The van der Waals surface area contributed by atoms with E-state index in [1.54, 1.807) is 0 Å². The van der Waals surface area contributed by atoms with E-state index in [1.165, 1.54) is 26.8 Å². The Balaban J connectivity index is -0.0000000931. The number of esters is 3. The molecule has 3 fully saturated rings. The summed E-state index contributed by atoms with van der Waals surface area (Å²) in [5, 5.41) is 41.4. The van der Waals surface area contributed by atoms with Gasteiger partial charge in [0.2, 0.25) is 9.05 Å². The second-order valence-corrected chi connectivity index (χ2v) is 19.8. The summed E-state index contributed by atoms with van der Waals surface area (Å²) in [6, 6.07) is 0. The van der Waals surface area contributed by atoms with Crippen molar-refractivity contribution in [2.75, 3.05) is 63.2 Å². The Kier molecular flexibility index (Phi) is 52.6. The van der Waals surface area contributed by atoms with Crippen LogP contribution in [-0.2, 0) is 115 Å². The second-order valence-electron chi connectivity index (χ2n) is 9.80. The van der Waals surface area contributed by atoms with Gasteiger partial charge in [-0.3, -0.25) is 40.1 Å². The molecule has 0 aliphatic carbocycles. The molecular weight excluding hydrogens is 1070 g/mol. The Morgan fingerprint density at radius 2 is 1.40 bits per heavy atom. The van der Waals surface area contributed by atoms with Crippen molar-refractivity contribution in [3.8, 4) is 0 Å². The monoisotopic (exact) mass is 1110 g/mol. The molecule has 4 aliphatic heterocycles. The topological polar surface area (TPSA) is 457 Å². The van der Waals surface area contributed by atoms with Crippen molar-refractivity contribution in [2.45, 2.75) is 45.2 Å². The first-order chi connectivity index (χ1) is 26.8. The minimum Gasteiger partial charge on any atom is -1.00 e. The van der Waals surface area contributed by atoms with Crippen molar-refractivity contribution in [1.29, 1.82) is 0 Å². The SMILES string of the molecule is CC(=O)OC(C)=O.CC(=O)OC1COS(=O)(=O)C1.CO.O=CO[O-].O=S(=O)([O-])CC(O)CO.O=S1(=O)C=CCO1.O=S1(=O)CC(O)CO1.O=S1OCC(CS(=O)(=O)Cl)O1.[H-].[K+].[K+].[Na+]. The maximum atomic E-state index is 10.6. The quantitative estimate of drug-likeness (QED) is 0.0212. The molecule has 0 spiro atoms. The predicted molar refractivity (Wildman–Crippen MR) is 190 cm³/mol. The van der Waals surface area contributed by atoms with Crippen LogP contribution in [0.25, 0.3) is 0 Å². The fraction of sp³-hybridized carbons (Fsp3) is 0.739. The van der Waals surface area contributed by atoms with Crippen LogP contribution in [0.5, 0.6) is 0 Å². The van der Waals surface area contributed by atoms with Crippen LogP contribution in [0.4, 0.5) is 0 Å². The maximum Gasteiger partial charge on any atom is 1.00 e. The van der Waals surface area contributed by atoms with E-state index in [1.807, 2.05) is 0 Å². The number of rotatable bonds is 7. The van der Waals surface area contributed by atoms with Crippen molar-refractivity contribution in [3.63, 3.8) is 0 Å². The largest absolute Gasteiger partial charge is 1.00 e. The van der Waals surface area contributed by atoms with Crippen molar-refractivity contribution >= 4 is 95.9 Å². The number of aliphatic hydroxyl groups is 4. The molecule has 0 radical (unpaired) electrons. The number of hydrogen-bond donors (Lipinski definition) is 4. The Hall–Kier alpha value is 1.84. The summed E-state index contributed by atoms with van der Waals surface area (Å²) in [6.07, 6.45) is -2.15. The third-order valence-electron chi connectivity index (χ3n) is 4.47. The first-order valence-corrected chi connectivity index (χ1v) is 24.3. The first-order valence-electron chi connectivity index (χ1n) is 14.7. The van der Waals surface area contributed by atoms with Gasteiger partial charge in [0, 0.05) is 38.6 Å². The summed E-state index contributed by atoms with van der Waals surface area (Å²) in [4.78, 5) is 41.2. The van der Waals surface area contributed by atoms with E-state index in [2.05, 4.69) is 35.3 Å². The van der Waals surface area contributed by atoms with Crippen LogP contribution in [0.2, 0.25) is 0 Å². The third kappa shape index (κ3) is 58.0. The van der Waals surface area contributed by atoms with Gasteiger partial charge < -0.3 is 46.0 Å². The fourth-order valence-corrected chi connectivity index (χ4v) is 7.86. The normalized spacial score (nSPS) is 21.8. The molecule has 0 aromatic carbocycles. The van der Waals surface area contributed by atoms with Gasteiger partial charge >= 0.3 is 162 Å². The van der Waals surface area contributed by atoms with Crippen LogP contribution in [0.1, 0.15) is 22.2 Å². The first kappa shape index (κ1) is 78.0. The Morgan fingerprint density at radius 1 is 0.935 bits per heavy atom. The van der Waals surface area contributed by atoms with Crippen LogP contribution < -0.4 is 138 Å². The smallest absolute Gasteiger partial charge is 1.00 e. The molecule has 5 unspecified atom stereocenters. The summed E-state index contributed by atoms with van der Waals surface area (Å²) in [6.45, 7) is 2.76. The summed E-state index contributed by atoms with van der Waals surface area (Å²) in [5.41, 5.74) is 0. The predicted octanol–water partition coefficient (Wildman–Crippen LogP) is -15.5. The molecule has 0 amide bonds. The van der Waals surface area contributed by atoms with E-state index in [0.29, 0.717) is 0 Å². The van der Waals surface area contributed by atoms with Crippen LogP contribution in [-0.4, -0.2) is 183 Å². The van der Waals surface area contributed by atoms with E-state index < -0.39 is 116 Å². The number of halogens is 1. The van der Waals surface area contributed by atoms with E-state index in [9.17, 15) is 65.2 Å². The molecule has 0 saturated carbocycles. The summed E-state index contributed by atoms with van der Waals surface area (Å²) >= 11 is -1.81. The number of aliphatic hydroxyl groups excluding tert-OH is 4. The molecule has 39 heteroatoms. The van der Waals surface area contributed by atoms with Crippen molar-refractivity contribution in [2.24, 2.45) is 0 Å². The van der Waals surface area contributed by atoms with Crippen LogP contribution in [0.15, 0.2) is 11.5 Å². The number of ether oxygens (including phenoxy) is 2. The number of hydrogen-bond acceptors (Lipinski definition) is 29. The Bertz CT molecular complexity index is 1880. The van der Waals surface area contributed by atoms with Crippen molar-refractivity contribution in [1.82, 2.24) is 0 Å². The molecule has 3 saturated heterocycles. The van der Waals surface area contributed by atoms with E-state index >= 15 is 0 Å². The Morgan fingerprint density at radius 3 is 1.58 bits per heavy atom. The molecule has 4 rings (SSSR count). The Labute approximate surface area is 473 Å². The molecule has 5 atom stereocenters. The molecule has 62 heavy (non-hydrogen) atoms. The van der Waals surface area contributed by atoms with Crippen LogP contribution in [0, 0.1) is 0 Å². The van der Waals surface area contributed by atoms with Gasteiger partial charge in [0.25, 0.3) is 36.8 Å². The standard InChI is InChI=1S/C5H8O5S.C4H6O3.C3H5ClO5S2.C3H8O5S.C3H6O4S.C3H4O3S.CH2O3.CH4O.2K.Na.H/c1-4(6)10-5-2-9-11(7,8)3-5;1-3(5)7-4(2)6;4-11(6,7)2-3-1-8-10(5)9-3;4-1-3(5)2-9(6,7)8;4-3-1-7-8(5,6)2-3;4-7(5)3-1-2-6-7;2-1-4-3;1-2;;;;/h5H,2-3H2,1H3;1-2H3;3H,1-2H2;3-5H,1-2H2,(H,6,7,8);3-4H,1-2H2;1,3H,2H2;1,3H;2H,1H3;;;;/q;;;;;;;;3*+1;-1/p-2. The fourth-order valence-electron chi connectivity index (χ4n) is 2.74. The molecule has 0 aromatic heterocycles. The summed E-state index contributed by atoms with van der Waals surface area (Å²) in [7, 11) is -12.1. The van der Waals surface area contributed by atoms with E-state index in [4.69, 9.17) is 41.2 Å². The summed E-state index contributed by atoms with van der Waals surface area (Å²) < 4.78 is 153.